The first kappa shape index (κ1) is 18.8. The van der Waals surface area contributed by atoms with Crippen molar-refractivity contribution in [2.45, 2.75) is 57.3 Å². The van der Waals surface area contributed by atoms with Crippen molar-refractivity contribution in [3.8, 4) is 6.07 Å². The SMILES string of the molecule is N#CC(F)=C[C@H]1CC[C@H](C=C[C@H]2CC[C@H](c3ccc(F)cc3)CC2)CC1. The second-order valence-electron chi connectivity index (χ2n) is 7.85. The summed E-state index contributed by atoms with van der Waals surface area (Å²) < 4.78 is 26.1. The standard InChI is InChI=1S/C23H27F2N/c24-22-13-11-21(12-14-22)20-9-7-18(8-10-20)2-1-17-3-5-19(6-4-17)15-23(25)16-26/h1-2,11-15,17-20H,3-10H2/t17-,18-,19-,20-. The van der Waals surface area contributed by atoms with E-state index in [1.165, 1.54) is 37.3 Å². The predicted molar refractivity (Wildman–Crippen MR) is 100 cm³/mol. The molecule has 0 atom stereocenters. The van der Waals surface area contributed by atoms with E-state index in [9.17, 15) is 8.78 Å². The maximum Gasteiger partial charge on any atom is 0.196 e. The van der Waals surface area contributed by atoms with Crippen LogP contribution in [-0.4, -0.2) is 0 Å². The molecule has 0 aromatic heterocycles. The zero-order valence-electron chi connectivity index (χ0n) is 15.2. The number of benzene rings is 1. The molecule has 0 amide bonds. The van der Waals surface area contributed by atoms with Gasteiger partial charge in [0.15, 0.2) is 5.83 Å². The van der Waals surface area contributed by atoms with Crippen molar-refractivity contribution >= 4 is 0 Å². The van der Waals surface area contributed by atoms with Crippen molar-refractivity contribution in [2.75, 3.05) is 0 Å². The highest BCUT2D eigenvalue weighted by Crippen LogP contribution is 2.37. The zero-order valence-corrected chi connectivity index (χ0v) is 15.2. The number of rotatable bonds is 4. The summed E-state index contributed by atoms with van der Waals surface area (Å²) in [6, 6.07) is 8.56. The van der Waals surface area contributed by atoms with E-state index in [1.54, 1.807) is 18.2 Å². The van der Waals surface area contributed by atoms with Crippen molar-refractivity contribution in [1.29, 1.82) is 5.26 Å². The Kier molecular flexibility index (Phi) is 6.61. The highest BCUT2D eigenvalue weighted by Gasteiger charge is 2.22. The largest absolute Gasteiger partial charge is 0.207 e. The summed E-state index contributed by atoms with van der Waals surface area (Å²) >= 11 is 0. The summed E-state index contributed by atoms with van der Waals surface area (Å²) in [5.74, 6) is 1.25. The fourth-order valence-electron chi connectivity index (χ4n) is 4.44. The molecule has 3 heteroatoms. The number of hydrogen-bond donors (Lipinski definition) is 0. The van der Waals surface area contributed by atoms with E-state index in [2.05, 4.69) is 12.2 Å². The van der Waals surface area contributed by atoms with E-state index in [0.717, 1.165) is 25.7 Å². The van der Waals surface area contributed by atoms with Crippen LogP contribution >= 0.6 is 0 Å². The van der Waals surface area contributed by atoms with Crippen LogP contribution in [0.5, 0.6) is 0 Å². The molecule has 0 unspecified atom stereocenters. The molecule has 0 heterocycles. The second-order valence-corrected chi connectivity index (χ2v) is 7.85. The van der Waals surface area contributed by atoms with E-state index >= 15 is 0 Å². The van der Waals surface area contributed by atoms with Gasteiger partial charge in [0.2, 0.25) is 0 Å². The second kappa shape index (κ2) is 9.12. The Morgan fingerprint density at radius 3 is 1.88 bits per heavy atom. The van der Waals surface area contributed by atoms with Crippen molar-refractivity contribution in [3.63, 3.8) is 0 Å². The van der Waals surface area contributed by atoms with Crippen molar-refractivity contribution in [1.82, 2.24) is 0 Å². The van der Waals surface area contributed by atoms with E-state index in [0.29, 0.717) is 17.8 Å². The average molecular weight is 355 g/mol. The maximum absolute atomic E-state index is 13.1. The Labute approximate surface area is 155 Å². The minimum Gasteiger partial charge on any atom is -0.207 e. The lowest BCUT2D eigenvalue weighted by molar-refractivity contribution is 0.346. The van der Waals surface area contributed by atoms with Crippen LogP contribution in [0.4, 0.5) is 8.78 Å². The monoisotopic (exact) mass is 355 g/mol. The highest BCUT2D eigenvalue weighted by molar-refractivity contribution is 5.21. The smallest absolute Gasteiger partial charge is 0.196 e. The normalized spacial score (nSPS) is 30.3. The molecule has 0 radical (unpaired) electrons. The molecule has 138 valence electrons. The van der Waals surface area contributed by atoms with E-state index in [4.69, 9.17) is 5.26 Å². The lowest BCUT2D eigenvalue weighted by atomic mass is 9.77. The molecule has 0 bridgehead atoms. The minimum atomic E-state index is -0.637. The third-order valence-corrected chi connectivity index (χ3v) is 6.07. The first-order chi connectivity index (χ1) is 12.6. The first-order valence-electron chi connectivity index (χ1n) is 9.85. The van der Waals surface area contributed by atoms with E-state index < -0.39 is 5.83 Å². The van der Waals surface area contributed by atoms with Crippen molar-refractivity contribution < 1.29 is 8.78 Å². The zero-order chi connectivity index (χ0) is 18.4. The molecular formula is C23H27F2N. The van der Waals surface area contributed by atoms with Gasteiger partial charge >= 0.3 is 0 Å². The quantitative estimate of drug-likeness (QED) is 0.428. The Balaban J connectivity index is 1.42. The molecular weight excluding hydrogens is 328 g/mol. The fraction of sp³-hybridized carbons (Fsp3) is 0.522. The van der Waals surface area contributed by atoms with Crippen LogP contribution < -0.4 is 0 Å². The number of nitriles is 1. The summed E-state index contributed by atoms with van der Waals surface area (Å²) in [6.07, 6.45) is 15.1. The van der Waals surface area contributed by atoms with Gasteiger partial charge in [-0.05, 0) is 98.8 Å². The Morgan fingerprint density at radius 2 is 1.35 bits per heavy atom. The Hall–Kier alpha value is -1.95. The summed E-state index contributed by atoms with van der Waals surface area (Å²) in [4.78, 5) is 0. The van der Waals surface area contributed by atoms with Crippen LogP contribution in [-0.2, 0) is 0 Å². The van der Waals surface area contributed by atoms with Gasteiger partial charge in [0.1, 0.15) is 11.9 Å². The summed E-state index contributed by atoms with van der Waals surface area (Å²) in [5, 5.41) is 8.53. The van der Waals surface area contributed by atoms with Crippen LogP contribution in [0.1, 0.15) is 62.8 Å². The maximum atomic E-state index is 13.1. The molecule has 2 saturated carbocycles. The molecule has 0 aliphatic heterocycles. The van der Waals surface area contributed by atoms with Gasteiger partial charge < -0.3 is 0 Å². The Morgan fingerprint density at radius 1 is 0.846 bits per heavy atom. The van der Waals surface area contributed by atoms with Crippen molar-refractivity contribution in [2.24, 2.45) is 17.8 Å². The lowest BCUT2D eigenvalue weighted by Gasteiger charge is -2.28. The third kappa shape index (κ3) is 5.27. The minimum absolute atomic E-state index is 0.161. The summed E-state index contributed by atoms with van der Waals surface area (Å²) in [7, 11) is 0. The first-order valence-corrected chi connectivity index (χ1v) is 9.85. The molecule has 1 aromatic rings. The molecule has 2 fully saturated rings. The molecule has 0 spiro atoms. The topological polar surface area (TPSA) is 23.8 Å². The molecule has 2 aliphatic carbocycles. The molecule has 1 aromatic carbocycles. The summed E-state index contributed by atoms with van der Waals surface area (Å²) in [6.45, 7) is 0. The van der Waals surface area contributed by atoms with Gasteiger partial charge in [-0.15, -0.1) is 0 Å². The average Bonchev–Trinajstić information content (AvgIpc) is 2.68. The number of allylic oxidation sites excluding steroid dienone is 4. The molecule has 3 rings (SSSR count). The van der Waals surface area contributed by atoms with Gasteiger partial charge in [0.25, 0.3) is 0 Å². The number of halogens is 2. The molecule has 0 saturated heterocycles. The molecule has 1 nitrogen and oxygen atoms in total. The predicted octanol–water partition coefficient (Wildman–Crippen LogP) is 6.84. The van der Waals surface area contributed by atoms with Crippen LogP contribution in [0.15, 0.2) is 48.3 Å². The third-order valence-electron chi connectivity index (χ3n) is 6.07. The van der Waals surface area contributed by atoms with Gasteiger partial charge in [-0.3, -0.25) is 0 Å². The fourth-order valence-corrected chi connectivity index (χ4v) is 4.44. The van der Waals surface area contributed by atoms with Gasteiger partial charge in [0, 0.05) is 0 Å². The van der Waals surface area contributed by atoms with Gasteiger partial charge in [-0.2, -0.15) is 9.65 Å². The van der Waals surface area contributed by atoms with Crippen LogP contribution in [0, 0.1) is 34.9 Å². The number of hydrogen-bond acceptors (Lipinski definition) is 1. The highest BCUT2D eigenvalue weighted by atomic mass is 19.1. The molecule has 0 N–H and O–H groups in total. The van der Waals surface area contributed by atoms with E-state index in [-0.39, 0.29) is 11.7 Å². The van der Waals surface area contributed by atoms with Gasteiger partial charge in [-0.1, -0.05) is 24.3 Å². The lowest BCUT2D eigenvalue weighted by Crippen LogP contribution is -2.14. The van der Waals surface area contributed by atoms with Crippen LogP contribution in [0.25, 0.3) is 0 Å². The molecule has 26 heavy (non-hydrogen) atoms. The van der Waals surface area contributed by atoms with Crippen LogP contribution in [0.3, 0.4) is 0 Å². The van der Waals surface area contributed by atoms with E-state index in [1.807, 2.05) is 12.1 Å². The number of nitrogens with zero attached hydrogens (tertiary/aromatic N) is 1. The van der Waals surface area contributed by atoms with Crippen LogP contribution in [0.2, 0.25) is 0 Å². The van der Waals surface area contributed by atoms with Gasteiger partial charge in [-0.25, -0.2) is 4.39 Å². The van der Waals surface area contributed by atoms with Gasteiger partial charge in [0.05, 0.1) is 0 Å². The van der Waals surface area contributed by atoms with Crippen molar-refractivity contribution in [3.05, 3.63) is 59.7 Å². The summed E-state index contributed by atoms with van der Waals surface area (Å²) in [5.41, 5.74) is 1.27. The Bertz CT molecular complexity index is 667. The molecule has 2 aliphatic rings.